The number of aromatic nitrogens is 2. The fourth-order valence-corrected chi connectivity index (χ4v) is 1.54. The molecule has 0 saturated carbocycles. The summed E-state index contributed by atoms with van der Waals surface area (Å²) < 4.78 is 0. The lowest BCUT2D eigenvalue weighted by molar-refractivity contribution is -0.146. The maximum absolute atomic E-state index is 11.8. The second kappa shape index (κ2) is 6.12. The number of imidazole rings is 1. The Balaban J connectivity index is 2.63. The van der Waals surface area contributed by atoms with Gasteiger partial charge < -0.3 is 21.6 Å². The Morgan fingerprint density at radius 2 is 2.24 bits per heavy atom. The molecular weight excluding hydrogens is 224 g/mol. The summed E-state index contributed by atoms with van der Waals surface area (Å²) in [5.41, 5.74) is 11.6. The summed E-state index contributed by atoms with van der Waals surface area (Å²) in [6, 6.07) is -0.869. The highest BCUT2D eigenvalue weighted by molar-refractivity contribution is 6.01. The van der Waals surface area contributed by atoms with E-state index >= 15 is 0 Å². The molecule has 0 fully saturated rings. The summed E-state index contributed by atoms with van der Waals surface area (Å²) in [6.07, 6.45) is 3.41. The van der Waals surface area contributed by atoms with E-state index in [1.54, 1.807) is 6.20 Å². The Labute approximate surface area is 98.2 Å². The van der Waals surface area contributed by atoms with E-state index in [4.69, 9.17) is 16.6 Å². The minimum atomic E-state index is -1.18. The van der Waals surface area contributed by atoms with Crippen LogP contribution in [-0.2, 0) is 16.0 Å². The number of H-pyrrole nitrogens is 1. The van der Waals surface area contributed by atoms with E-state index in [1.165, 1.54) is 6.33 Å². The molecule has 0 aliphatic heterocycles. The van der Waals surface area contributed by atoms with Gasteiger partial charge in [-0.2, -0.15) is 0 Å². The Morgan fingerprint density at radius 1 is 1.53 bits per heavy atom. The van der Waals surface area contributed by atoms with Gasteiger partial charge in [0.15, 0.2) is 5.78 Å². The van der Waals surface area contributed by atoms with Gasteiger partial charge in [-0.1, -0.05) is 0 Å². The molecule has 1 heterocycles. The zero-order valence-corrected chi connectivity index (χ0v) is 9.30. The molecule has 1 rings (SSSR count). The molecule has 0 amide bonds. The number of nitrogens with zero attached hydrogens (tertiary/aromatic N) is 1. The zero-order valence-electron chi connectivity index (χ0n) is 9.30. The Morgan fingerprint density at radius 3 is 2.71 bits per heavy atom. The number of aromatic amines is 1. The third-order valence-corrected chi connectivity index (χ3v) is 2.45. The van der Waals surface area contributed by atoms with Gasteiger partial charge in [-0.25, -0.2) is 4.98 Å². The first-order valence-corrected chi connectivity index (χ1v) is 5.26. The maximum Gasteiger partial charge on any atom is 0.314 e. The average Bonchev–Trinajstić information content (AvgIpc) is 2.77. The van der Waals surface area contributed by atoms with E-state index in [0.29, 0.717) is 5.69 Å². The summed E-state index contributed by atoms with van der Waals surface area (Å²) in [5.74, 6) is -2.82. The largest absolute Gasteiger partial charge is 0.481 e. The Hall–Kier alpha value is -1.73. The maximum atomic E-state index is 11.8. The number of carbonyl (C=O) groups excluding carboxylic acids is 1. The highest BCUT2D eigenvalue weighted by Crippen LogP contribution is 2.09. The lowest BCUT2D eigenvalue weighted by atomic mass is 9.93. The van der Waals surface area contributed by atoms with E-state index in [0.717, 1.165) is 0 Å². The van der Waals surface area contributed by atoms with Gasteiger partial charge in [0.25, 0.3) is 0 Å². The van der Waals surface area contributed by atoms with Gasteiger partial charge in [0.2, 0.25) is 0 Å². The van der Waals surface area contributed by atoms with Crippen LogP contribution in [-0.4, -0.2) is 39.4 Å². The summed E-state index contributed by atoms with van der Waals surface area (Å²) >= 11 is 0. The number of hydrogen-bond acceptors (Lipinski definition) is 5. The minimum Gasteiger partial charge on any atom is -0.481 e. The minimum absolute atomic E-state index is 0.0996. The molecule has 0 aliphatic rings. The number of rotatable bonds is 7. The first-order chi connectivity index (χ1) is 8.06. The van der Waals surface area contributed by atoms with Crippen molar-refractivity contribution in [3.63, 3.8) is 0 Å². The highest BCUT2D eigenvalue weighted by atomic mass is 16.4. The van der Waals surface area contributed by atoms with Gasteiger partial charge in [0, 0.05) is 12.6 Å². The van der Waals surface area contributed by atoms with Crippen molar-refractivity contribution in [2.45, 2.75) is 18.9 Å². The summed E-state index contributed by atoms with van der Waals surface area (Å²) in [5, 5.41) is 8.90. The van der Waals surface area contributed by atoms with Crippen molar-refractivity contribution in [3.8, 4) is 0 Å². The fourth-order valence-electron chi connectivity index (χ4n) is 1.54. The summed E-state index contributed by atoms with van der Waals surface area (Å²) in [6.45, 7) is 0.137. The van der Waals surface area contributed by atoms with Gasteiger partial charge in [-0.05, 0) is 13.0 Å². The molecule has 1 aromatic rings. The van der Waals surface area contributed by atoms with Crippen LogP contribution in [0.5, 0.6) is 0 Å². The number of carbonyl (C=O) groups is 2. The van der Waals surface area contributed by atoms with E-state index in [1.807, 2.05) is 0 Å². The van der Waals surface area contributed by atoms with Gasteiger partial charge in [-0.3, -0.25) is 9.59 Å². The van der Waals surface area contributed by atoms with Crippen molar-refractivity contribution in [2.75, 3.05) is 6.54 Å². The van der Waals surface area contributed by atoms with Crippen LogP contribution in [0.2, 0.25) is 0 Å². The number of carboxylic acids is 1. The van der Waals surface area contributed by atoms with Crippen molar-refractivity contribution in [1.82, 2.24) is 9.97 Å². The van der Waals surface area contributed by atoms with E-state index in [9.17, 15) is 9.59 Å². The first-order valence-electron chi connectivity index (χ1n) is 5.26. The van der Waals surface area contributed by atoms with Crippen molar-refractivity contribution < 1.29 is 14.7 Å². The monoisotopic (exact) mass is 240 g/mol. The Kier molecular flexibility index (Phi) is 4.80. The van der Waals surface area contributed by atoms with Crippen LogP contribution >= 0.6 is 0 Å². The SMILES string of the molecule is NCCC(C(=O)O)C(=O)[C@@H](N)Cc1c[nH]cn1. The molecule has 0 saturated heterocycles. The van der Waals surface area contributed by atoms with Gasteiger partial charge in [0.05, 0.1) is 18.1 Å². The molecule has 2 atom stereocenters. The topological polar surface area (TPSA) is 135 Å². The third-order valence-electron chi connectivity index (χ3n) is 2.45. The molecule has 94 valence electrons. The number of hydrogen-bond donors (Lipinski definition) is 4. The van der Waals surface area contributed by atoms with Gasteiger partial charge >= 0.3 is 5.97 Å². The van der Waals surface area contributed by atoms with Crippen molar-refractivity contribution in [2.24, 2.45) is 17.4 Å². The molecule has 0 spiro atoms. The van der Waals surface area contributed by atoms with Crippen LogP contribution < -0.4 is 11.5 Å². The van der Waals surface area contributed by atoms with Crippen molar-refractivity contribution >= 4 is 11.8 Å². The van der Waals surface area contributed by atoms with Gasteiger partial charge in [-0.15, -0.1) is 0 Å². The predicted octanol–water partition coefficient (Wildman–Crippen LogP) is -1.10. The molecule has 7 heteroatoms. The molecule has 17 heavy (non-hydrogen) atoms. The van der Waals surface area contributed by atoms with Crippen LogP contribution in [0.3, 0.4) is 0 Å². The molecule has 6 N–H and O–H groups in total. The van der Waals surface area contributed by atoms with Crippen LogP contribution in [0.1, 0.15) is 12.1 Å². The quantitative estimate of drug-likeness (QED) is 0.447. The first kappa shape index (κ1) is 13.3. The summed E-state index contributed by atoms with van der Waals surface area (Å²) in [7, 11) is 0. The second-order valence-electron chi connectivity index (χ2n) is 3.74. The predicted molar refractivity (Wildman–Crippen MR) is 60.1 cm³/mol. The Bertz CT molecular complexity index is 377. The van der Waals surface area contributed by atoms with Crippen LogP contribution in [0.25, 0.3) is 0 Å². The molecule has 0 aliphatic carbocycles. The zero-order chi connectivity index (χ0) is 12.8. The number of ketones is 1. The standard InChI is InChI=1S/C10H16N4O3/c11-2-1-7(10(16)17)9(15)8(12)3-6-4-13-5-14-6/h4-5,7-8H,1-3,11-12H2,(H,13,14)(H,16,17)/t7?,8-/m0/s1. The van der Waals surface area contributed by atoms with Crippen molar-refractivity contribution in [1.29, 1.82) is 0 Å². The molecule has 0 bridgehead atoms. The van der Waals surface area contributed by atoms with Crippen molar-refractivity contribution in [3.05, 3.63) is 18.2 Å². The number of nitrogens with one attached hydrogen (secondary N) is 1. The molecule has 7 nitrogen and oxygen atoms in total. The normalized spacial score (nSPS) is 14.2. The summed E-state index contributed by atoms with van der Waals surface area (Å²) in [4.78, 5) is 29.4. The third kappa shape index (κ3) is 3.65. The number of carboxylic acid groups (broad SMARTS) is 1. The molecular formula is C10H16N4O3. The molecule has 1 aromatic heterocycles. The fraction of sp³-hybridized carbons (Fsp3) is 0.500. The molecule has 0 aromatic carbocycles. The second-order valence-corrected chi connectivity index (χ2v) is 3.74. The number of nitrogens with two attached hydrogens (primary N) is 2. The highest BCUT2D eigenvalue weighted by Gasteiger charge is 2.29. The van der Waals surface area contributed by atoms with E-state index in [2.05, 4.69) is 9.97 Å². The lowest BCUT2D eigenvalue weighted by Gasteiger charge is -2.15. The van der Waals surface area contributed by atoms with Gasteiger partial charge in [0.1, 0.15) is 5.92 Å². The van der Waals surface area contributed by atoms with E-state index < -0.39 is 23.7 Å². The molecule has 0 radical (unpaired) electrons. The average molecular weight is 240 g/mol. The molecule has 1 unspecified atom stereocenters. The van der Waals surface area contributed by atoms with Crippen LogP contribution in [0, 0.1) is 5.92 Å². The lowest BCUT2D eigenvalue weighted by Crippen LogP contribution is -2.41. The smallest absolute Gasteiger partial charge is 0.314 e. The van der Waals surface area contributed by atoms with E-state index in [-0.39, 0.29) is 19.4 Å². The number of Topliss-reactive ketones (excluding diaryl/α,β-unsaturated/α-hetero) is 1. The number of aliphatic carboxylic acids is 1. The van der Waals surface area contributed by atoms with Crippen LogP contribution in [0.15, 0.2) is 12.5 Å². The van der Waals surface area contributed by atoms with Crippen LogP contribution in [0.4, 0.5) is 0 Å².